The highest BCUT2D eigenvalue weighted by molar-refractivity contribution is 6.29. The van der Waals surface area contributed by atoms with Gasteiger partial charge in [-0.2, -0.15) is 0 Å². The number of hydrogen-bond acceptors (Lipinski definition) is 2. The van der Waals surface area contributed by atoms with E-state index in [1.165, 1.54) is 25.7 Å². The van der Waals surface area contributed by atoms with E-state index < -0.39 is 0 Å². The topological polar surface area (TPSA) is 16.1 Å². The summed E-state index contributed by atoms with van der Waals surface area (Å²) in [6.45, 7) is 4.25. The number of rotatable bonds is 4. The SMILES string of the molecule is CCN(Cc1cccc(Cl)n1)C1CCCC1. The molecule has 0 aromatic carbocycles. The van der Waals surface area contributed by atoms with Crippen molar-refractivity contribution in [1.82, 2.24) is 9.88 Å². The number of pyridine rings is 1. The van der Waals surface area contributed by atoms with Crippen molar-refractivity contribution in [3.05, 3.63) is 29.0 Å². The summed E-state index contributed by atoms with van der Waals surface area (Å²) in [6.07, 6.45) is 5.44. The first-order chi connectivity index (χ1) is 7.79. The monoisotopic (exact) mass is 238 g/mol. The first kappa shape index (κ1) is 11.9. The zero-order chi connectivity index (χ0) is 11.4. The number of aromatic nitrogens is 1. The lowest BCUT2D eigenvalue weighted by atomic mass is 10.2. The van der Waals surface area contributed by atoms with E-state index in [9.17, 15) is 0 Å². The smallest absolute Gasteiger partial charge is 0.129 e. The highest BCUT2D eigenvalue weighted by Crippen LogP contribution is 2.24. The maximum atomic E-state index is 5.90. The van der Waals surface area contributed by atoms with E-state index >= 15 is 0 Å². The van der Waals surface area contributed by atoms with Crippen LogP contribution in [0.2, 0.25) is 5.15 Å². The average Bonchev–Trinajstić information content (AvgIpc) is 2.79. The Morgan fingerprint density at radius 3 is 2.75 bits per heavy atom. The van der Waals surface area contributed by atoms with Crippen LogP contribution in [0.5, 0.6) is 0 Å². The van der Waals surface area contributed by atoms with Crippen LogP contribution in [0.3, 0.4) is 0 Å². The van der Waals surface area contributed by atoms with Crippen LogP contribution in [0, 0.1) is 0 Å². The largest absolute Gasteiger partial charge is 0.295 e. The Morgan fingerprint density at radius 1 is 1.38 bits per heavy atom. The molecule has 1 heterocycles. The molecular weight excluding hydrogens is 220 g/mol. The van der Waals surface area contributed by atoms with Crippen molar-refractivity contribution in [3.63, 3.8) is 0 Å². The van der Waals surface area contributed by atoms with Crippen LogP contribution in [0.1, 0.15) is 38.3 Å². The molecule has 0 radical (unpaired) electrons. The van der Waals surface area contributed by atoms with E-state index in [4.69, 9.17) is 11.6 Å². The fourth-order valence-corrected chi connectivity index (χ4v) is 2.70. The molecule has 1 aliphatic rings. The maximum absolute atomic E-state index is 5.90. The summed E-state index contributed by atoms with van der Waals surface area (Å²) in [6, 6.07) is 6.62. The Kier molecular flexibility index (Phi) is 4.19. The second-order valence-electron chi connectivity index (χ2n) is 4.45. The van der Waals surface area contributed by atoms with Gasteiger partial charge in [-0.25, -0.2) is 4.98 Å². The maximum Gasteiger partial charge on any atom is 0.129 e. The molecule has 0 bridgehead atoms. The van der Waals surface area contributed by atoms with Gasteiger partial charge in [-0.1, -0.05) is 37.4 Å². The molecule has 16 heavy (non-hydrogen) atoms. The Hall–Kier alpha value is -0.600. The standard InChI is InChI=1S/C13H19ClN2/c1-2-16(12-7-3-4-8-12)10-11-6-5-9-13(14)15-11/h5-6,9,12H,2-4,7-8,10H2,1H3. The summed E-state index contributed by atoms with van der Waals surface area (Å²) < 4.78 is 0. The van der Waals surface area contributed by atoms with E-state index in [0.29, 0.717) is 5.15 Å². The molecule has 1 fully saturated rings. The molecule has 1 saturated carbocycles. The summed E-state index contributed by atoms with van der Waals surface area (Å²) in [5, 5.41) is 0.597. The van der Waals surface area contributed by atoms with Gasteiger partial charge in [0.1, 0.15) is 5.15 Å². The molecule has 2 nitrogen and oxygen atoms in total. The van der Waals surface area contributed by atoms with Gasteiger partial charge in [-0.05, 0) is 31.5 Å². The van der Waals surface area contributed by atoms with Crippen LogP contribution in [0.15, 0.2) is 18.2 Å². The summed E-state index contributed by atoms with van der Waals surface area (Å²) in [7, 11) is 0. The third kappa shape index (κ3) is 2.96. The van der Waals surface area contributed by atoms with Gasteiger partial charge in [0.2, 0.25) is 0 Å². The summed E-state index contributed by atoms with van der Waals surface area (Å²) in [5.74, 6) is 0. The molecule has 0 atom stereocenters. The van der Waals surface area contributed by atoms with Crippen molar-refractivity contribution < 1.29 is 0 Å². The highest BCUT2D eigenvalue weighted by Gasteiger charge is 2.21. The highest BCUT2D eigenvalue weighted by atomic mass is 35.5. The van der Waals surface area contributed by atoms with Crippen LogP contribution >= 0.6 is 11.6 Å². The third-order valence-corrected chi connectivity index (χ3v) is 3.60. The molecule has 0 spiro atoms. The fraction of sp³-hybridized carbons (Fsp3) is 0.615. The Morgan fingerprint density at radius 2 is 2.12 bits per heavy atom. The fourth-order valence-electron chi connectivity index (χ4n) is 2.51. The average molecular weight is 239 g/mol. The molecule has 0 N–H and O–H groups in total. The predicted molar refractivity (Wildman–Crippen MR) is 67.6 cm³/mol. The zero-order valence-corrected chi connectivity index (χ0v) is 10.6. The van der Waals surface area contributed by atoms with E-state index in [2.05, 4.69) is 22.9 Å². The van der Waals surface area contributed by atoms with Gasteiger partial charge in [0.05, 0.1) is 5.69 Å². The molecule has 2 rings (SSSR count). The lowest BCUT2D eigenvalue weighted by Gasteiger charge is -2.26. The van der Waals surface area contributed by atoms with Gasteiger partial charge in [-0.15, -0.1) is 0 Å². The molecule has 3 heteroatoms. The summed E-state index contributed by atoms with van der Waals surface area (Å²) in [4.78, 5) is 6.88. The van der Waals surface area contributed by atoms with Crippen LogP contribution in [-0.4, -0.2) is 22.5 Å². The first-order valence-corrected chi connectivity index (χ1v) is 6.53. The number of hydrogen-bond donors (Lipinski definition) is 0. The van der Waals surface area contributed by atoms with Crippen LogP contribution < -0.4 is 0 Å². The zero-order valence-electron chi connectivity index (χ0n) is 9.82. The second-order valence-corrected chi connectivity index (χ2v) is 4.84. The van der Waals surface area contributed by atoms with Gasteiger partial charge < -0.3 is 0 Å². The molecule has 0 amide bonds. The van der Waals surface area contributed by atoms with E-state index in [1.54, 1.807) is 0 Å². The van der Waals surface area contributed by atoms with Crippen molar-refractivity contribution in [2.75, 3.05) is 6.54 Å². The van der Waals surface area contributed by atoms with E-state index in [0.717, 1.165) is 24.8 Å². The van der Waals surface area contributed by atoms with E-state index in [-0.39, 0.29) is 0 Å². The first-order valence-electron chi connectivity index (χ1n) is 6.15. The third-order valence-electron chi connectivity index (χ3n) is 3.39. The molecule has 88 valence electrons. The van der Waals surface area contributed by atoms with Crippen molar-refractivity contribution in [2.24, 2.45) is 0 Å². The second kappa shape index (κ2) is 5.65. The number of halogens is 1. The van der Waals surface area contributed by atoms with Gasteiger partial charge in [-0.3, -0.25) is 4.90 Å². The van der Waals surface area contributed by atoms with Crippen LogP contribution in [-0.2, 0) is 6.54 Å². The Labute approximate surface area is 103 Å². The van der Waals surface area contributed by atoms with Gasteiger partial charge >= 0.3 is 0 Å². The van der Waals surface area contributed by atoms with Crippen LogP contribution in [0.4, 0.5) is 0 Å². The van der Waals surface area contributed by atoms with Gasteiger partial charge in [0.15, 0.2) is 0 Å². The summed E-state index contributed by atoms with van der Waals surface area (Å²) in [5.41, 5.74) is 1.08. The Balaban J connectivity index is 2.00. The minimum atomic E-state index is 0.597. The van der Waals surface area contributed by atoms with Crippen molar-refractivity contribution in [3.8, 4) is 0 Å². The quantitative estimate of drug-likeness (QED) is 0.747. The molecule has 0 unspecified atom stereocenters. The molecule has 0 aliphatic heterocycles. The van der Waals surface area contributed by atoms with Crippen molar-refractivity contribution in [1.29, 1.82) is 0 Å². The summed E-state index contributed by atoms with van der Waals surface area (Å²) >= 11 is 5.90. The molecule has 1 aliphatic carbocycles. The minimum Gasteiger partial charge on any atom is -0.295 e. The van der Waals surface area contributed by atoms with E-state index in [1.807, 2.05) is 12.1 Å². The van der Waals surface area contributed by atoms with Gasteiger partial charge in [0, 0.05) is 12.6 Å². The molecular formula is C13H19ClN2. The lowest BCUT2D eigenvalue weighted by molar-refractivity contribution is 0.198. The normalized spacial score (nSPS) is 17.2. The van der Waals surface area contributed by atoms with Crippen molar-refractivity contribution in [2.45, 2.75) is 45.2 Å². The lowest BCUT2D eigenvalue weighted by Crippen LogP contribution is -2.32. The Bertz CT molecular complexity index is 334. The molecule has 1 aromatic rings. The van der Waals surface area contributed by atoms with Crippen LogP contribution in [0.25, 0.3) is 0 Å². The van der Waals surface area contributed by atoms with Crippen molar-refractivity contribution >= 4 is 11.6 Å². The molecule has 0 saturated heterocycles. The minimum absolute atomic E-state index is 0.597. The van der Waals surface area contributed by atoms with Gasteiger partial charge in [0.25, 0.3) is 0 Å². The number of nitrogens with zero attached hydrogens (tertiary/aromatic N) is 2. The predicted octanol–water partition coefficient (Wildman–Crippen LogP) is 3.50. The molecule has 1 aromatic heterocycles.